The highest BCUT2D eigenvalue weighted by molar-refractivity contribution is 14.1. The summed E-state index contributed by atoms with van der Waals surface area (Å²) in [5.41, 5.74) is 3.74. The van der Waals surface area contributed by atoms with Gasteiger partial charge in [0, 0.05) is 5.56 Å². The second-order valence-corrected chi connectivity index (χ2v) is 7.82. The number of aliphatic imine (C=N–C) groups is 1. The molecule has 0 unspecified atom stereocenters. The van der Waals surface area contributed by atoms with Gasteiger partial charge >= 0.3 is 5.97 Å². The lowest BCUT2D eigenvalue weighted by atomic mass is 10.1. The molecule has 3 rings (SSSR count). The Balaban J connectivity index is 1.96. The number of nitrogens with zero attached hydrogens (tertiary/aromatic N) is 1. The lowest BCUT2D eigenvalue weighted by Crippen LogP contribution is -2.06. The molecule has 2 aromatic carbocycles. The van der Waals surface area contributed by atoms with Crippen LogP contribution in [0.4, 0.5) is 0 Å². The van der Waals surface area contributed by atoms with Gasteiger partial charge in [-0.1, -0.05) is 24.8 Å². The Hall–Kier alpha value is -2.61. The molecule has 0 N–H and O–H groups in total. The van der Waals surface area contributed by atoms with Crippen LogP contribution in [-0.2, 0) is 9.53 Å². The second kappa shape index (κ2) is 9.26. The Bertz CT molecular complexity index is 1020. The van der Waals surface area contributed by atoms with Crippen LogP contribution in [0.1, 0.15) is 30.5 Å². The predicted octanol–water partition coefficient (Wildman–Crippen LogP) is 5.30. The number of halogens is 1. The molecule has 0 aliphatic carbocycles. The van der Waals surface area contributed by atoms with Crippen molar-refractivity contribution in [3.63, 3.8) is 0 Å². The average molecular weight is 503 g/mol. The summed E-state index contributed by atoms with van der Waals surface area (Å²) in [7, 11) is 0. The standard InChI is InChI=1S/C23H22INO4/c1-5-27-20-12-16(10-18(24)21(20)28-13-14(2)3)11-19-23(26)29-22(25-19)17-9-7-6-8-15(17)4/h6-12H,2,5,13H2,1,3-4H3/b19-11-. The van der Waals surface area contributed by atoms with Crippen LogP contribution in [0.5, 0.6) is 11.5 Å². The number of hydrogen-bond acceptors (Lipinski definition) is 5. The summed E-state index contributed by atoms with van der Waals surface area (Å²) in [5.74, 6) is 1.12. The normalized spacial score (nSPS) is 14.6. The van der Waals surface area contributed by atoms with Crippen LogP contribution in [0.3, 0.4) is 0 Å². The van der Waals surface area contributed by atoms with Crippen molar-refractivity contribution in [1.82, 2.24) is 0 Å². The first-order valence-electron chi connectivity index (χ1n) is 9.21. The topological polar surface area (TPSA) is 57.1 Å². The molecule has 1 aliphatic rings. The lowest BCUT2D eigenvalue weighted by molar-refractivity contribution is -0.129. The number of benzene rings is 2. The van der Waals surface area contributed by atoms with Crippen molar-refractivity contribution >= 4 is 40.5 Å². The van der Waals surface area contributed by atoms with E-state index in [1.165, 1.54) is 0 Å². The molecule has 0 saturated carbocycles. The molecular formula is C23H22INO4. The fraction of sp³-hybridized carbons (Fsp3) is 0.217. The summed E-state index contributed by atoms with van der Waals surface area (Å²) in [6.45, 7) is 10.5. The van der Waals surface area contributed by atoms with Gasteiger partial charge in [0.05, 0.1) is 10.2 Å². The third-order valence-corrected chi connectivity index (χ3v) is 4.90. The van der Waals surface area contributed by atoms with Gasteiger partial charge in [-0.05, 0) is 84.3 Å². The largest absolute Gasteiger partial charge is 0.490 e. The van der Waals surface area contributed by atoms with Gasteiger partial charge in [0.15, 0.2) is 17.2 Å². The number of aryl methyl sites for hydroxylation is 1. The maximum atomic E-state index is 12.3. The van der Waals surface area contributed by atoms with E-state index >= 15 is 0 Å². The van der Waals surface area contributed by atoms with Gasteiger partial charge in [0.1, 0.15) is 6.61 Å². The Kier molecular flexibility index (Phi) is 6.74. The smallest absolute Gasteiger partial charge is 0.363 e. The summed E-state index contributed by atoms with van der Waals surface area (Å²) in [4.78, 5) is 16.7. The van der Waals surface area contributed by atoms with Crippen molar-refractivity contribution in [1.29, 1.82) is 0 Å². The molecule has 0 bridgehead atoms. The maximum absolute atomic E-state index is 12.3. The van der Waals surface area contributed by atoms with Crippen LogP contribution >= 0.6 is 22.6 Å². The number of cyclic esters (lactones) is 1. The SMILES string of the molecule is C=C(C)COc1c(I)cc(/C=C2\N=C(c3ccccc3C)OC2=O)cc1OCC. The van der Waals surface area contributed by atoms with Crippen LogP contribution < -0.4 is 9.47 Å². The molecule has 1 aliphatic heterocycles. The van der Waals surface area contributed by atoms with Crippen LogP contribution in [-0.4, -0.2) is 25.1 Å². The maximum Gasteiger partial charge on any atom is 0.363 e. The van der Waals surface area contributed by atoms with Gasteiger partial charge in [-0.15, -0.1) is 0 Å². The van der Waals surface area contributed by atoms with Crippen LogP contribution in [0.25, 0.3) is 6.08 Å². The first-order chi connectivity index (χ1) is 13.9. The number of ether oxygens (including phenoxy) is 3. The molecule has 0 radical (unpaired) electrons. The molecule has 150 valence electrons. The Morgan fingerprint density at radius 2 is 2.03 bits per heavy atom. The van der Waals surface area contributed by atoms with Gasteiger partial charge in [-0.2, -0.15) is 0 Å². The zero-order chi connectivity index (χ0) is 21.0. The fourth-order valence-corrected chi connectivity index (χ4v) is 3.55. The number of rotatable bonds is 7. The third-order valence-electron chi connectivity index (χ3n) is 4.09. The van der Waals surface area contributed by atoms with Crippen molar-refractivity contribution in [3.8, 4) is 11.5 Å². The van der Waals surface area contributed by atoms with Crippen molar-refractivity contribution < 1.29 is 19.0 Å². The Morgan fingerprint density at radius 3 is 2.72 bits per heavy atom. The summed E-state index contributed by atoms with van der Waals surface area (Å²) in [6.07, 6.45) is 1.70. The monoisotopic (exact) mass is 503 g/mol. The highest BCUT2D eigenvalue weighted by atomic mass is 127. The zero-order valence-corrected chi connectivity index (χ0v) is 18.8. The van der Waals surface area contributed by atoms with E-state index in [0.29, 0.717) is 30.6 Å². The van der Waals surface area contributed by atoms with Gasteiger partial charge in [0.25, 0.3) is 0 Å². The molecule has 29 heavy (non-hydrogen) atoms. The quantitative estimate of drug-likeness (QED) is 0.223. The second-order valence-electron chi connectivity index (χ2n) is 6.66. The zero-order valence-electron chi connectivity index (χ0n) is 16.6. The van der Waals surface area contributed by atoms with Crippen molar-refractivity contribution in [2.45, 2.75) is 20.8 Å². The van der Waals surface area contributed by atoms with Crippen molar-refractivity contribution in [2.24, 2.45) is 4.99 Å². The van der Waals surface area contributed by atoms with Gasteiger partial charge in [-0.25, -0.2) is 9.79 Å². The number of esters is 1. The Morgan fingerprint density at radius 1 is 1.28 bits per heavy atom. The molecule has 1 heterocycles. The van der Waals surface area contributed by atoms with E-state index in [2.05, 4.69) is 34.2 Å². The summed E-state index contributed by atoms with van der Waals surface area (Å²) in [6, 6.07) is 11.4. The lowest BCUT2D eigenvalue weighted by Gasteiger charge is -2.14. The van der Waals surface area contributed by atoms with E-state index < -0.39 is 5.97 Å². The van der Waals surface area contributed by atoms with E-state index in [4.69, 9.17) is 14.2 Å². The molecule has 2 aromatic rings. The van der Waals surface area contributed by atoms with Crippen LogP contribution in [0.2, 0.25) is 0 Å². The highest BCUT2D eigenvalue weighted by Gasteiger charge is 2.25. The summed E-state index contributed by atoms with van der Waals surface area (Å²) >= 11 is 2.19. The molecule has 0 fully saturated rings. The van der Waals surface area contributed by atoms with Crippen molar-refractivity contribution in [2.75, 3.05) is 13.2 Å². The minimum atomic E-state index is -0.473. The highest BCUT2D eigenvalue weighted by Crippen LogP contribution is 2.35. The number of carbonyl (C=O) groups is 1. The van der Waals surface area contributed by atoms with E-state index in [1.54, 1.807) is 6.08 Å². The molecular weight excluding hydrogens is 481 g/mol. The van der Waals surface area contributed by atoms with Crippen LogP contribution in [0, 0.1) is 10.5 Å². The fourth-order valence-electron chi connectivity index (χ4n) is 2.76. The first kappa shape index (κ1) is 21.1. The van der Waals surface area contributed by atoms with E-state index in [1.807, 2.05) is 57.2 Å². The summed E-state index contributed by atoms with van der Waals surface area (Å²) in [5, 5.41) is 0. The molecule has 0 amide bonds. The first-order valence-corrected chi connectivity index (χ1v) is 10.3. The number of carbonyl (C=O) groups excluding carboxylic acids is 1. The number of hydrogen-bond donors (Lipinski definition) is 0. The van der Waals surface area contributed by atoms with E-state index in [0.717, 1.165) is 25.8 Å². The molecule has 6 heteroatoms. The van der Waals surface area contributed by atoms with E-state index in [-0.39, 0.29) is 5.70 Å². The van der Waals surface area contributed by atoms with Crippen LogP contribution in [0.15, 0.2) is 59.2 Å². The van der Waals surface area contributed by atoms with Gasteiger partial charge < -0.3 is 14.2 Å². The van der Waals surface area contributed by atoms with Crippen molar-refractivity contribution in [3.05, 3.63) is 74.5 Å². The molecule has 0 saturated heterocycles. The minimum absolute atomic E-state index is 0.247. The minimum Gasteiger partial charge on any atom is -0.490 e. The predicted molar refractivity (Wildman–Crippen MR) is 122 cm³/mol. The van der Waals surface area contributed by atoms with Gasteiger partial charge in [0.2, 0.25) is 5.90 Å². The average Bonchev–Trinajstić information content (AvgIpc) is 3.01. The third kappa shape index (κ3) is 5.06. The molecule has 0 aromatic heterocycles. The van der Waals surface area contributed by atoms with E-state index in [9.17, 15) is 4.79 Å². The molecule has 5 nitrogen and oxygen atoms in total. The Labute approximate surface area is 184 Å². The van der Waals surface area contributed by atoms with Gasteiger partial charge in [-0.3, -0.25) is 0 Å². The molecule has 0 atom stereocenters. The molecule has 0 spiro atoms. The summed E-state index contributed by atoms with van der Waals surface area (Å²) < 4.78 is 17.8.